The van der Waals surface area contributed by atoms with E-state index in [9.17, 15) is 14.4 Å². The van der Waals surface area contributed by atoms with Gasteiger partial charge in [-0.1, -0.05) is 13.3 Å². The molecule has 1 aliphatic carbocycles. The number of carbonyl (C=O) groups excluding carboxylic acids is 1. The first-order valence-corrected chi connectivity index (χ1v) is 7.44. The number of amides is 2. The van der Waals surface area contributed by atoms with Crippen molar-refractivity contribution >= 4 is 18.0 Å². The minimum absolute atomic E-state index is 0.0710. The first kappa shape index (κ1) is 17.3. The normalized spacial score (nSPS) is 23.1. The van der Waals surface area contributed by atoms with Crippen LogP contribution in [0, 0.1) is 5.92 Å². The van der Waals surface area contributed by atoms with Gasteiger partial charge in [0.05, 0.1) is 0 Å². The van der Waals surface area contributed by atoms with E-state index >= 15 is 0 Å². The Morgan fingerprint density at radius 2 is 1.76 bits per heavy atom. The summed E-state index contributed by atoms with van der Waals surface area (Å²) in [5.41, 5.74) is 0. The number of carboxylic acid groups (broad SMARTS) is 2. The minimum Gasteiger partial charge on any atom is -0.481 e. The van der Waals surface area contributed by atoms with Gasteiger partial charge in [-0.05, 0) is 38.0 Å². The second-order valence-corrected chi connectivity index (χ2v) is 5.57. The molecule has 1 rings (SSSR count). The number of rotatable bonds is 7. The smallest absolute Gasteiger partial charge is 0.326 e. The fourth-order valence-corrected chi connectivity index (χ4v) is 2.63. The van der Waals surface area contributed by atoms with Crippen LogP contribution in [-0.4, -0.2) is 40.3 Å². The minimum atomic E-state index is -1.22. The zero-order valence-corrected chi connectivity index (χ0v) is 12.3. The van der Waals surface area contributed by atoms with Crippen molar-refractivity contribution in [3.63, 3.8) is 0 Å². The lowest BCUT2D eigenvalue weighted by Gasteiger charge is -2.28. The summed E-state index contributed by atoms with van der Waals surface area (Å²) in [6, 6.07) is -1.64. The van der Waals surface area contributed by atoms with Crippen molar-refractivity contribution < 1.29 is 24.6 Å². The Labute approximate surface area is 124 Å². The number of carbonyl (C=O) groups is 3. The second-order valence-electron chi connectivity index (χ2n) is 5.57. The molecule has 0 heterocycles. The third-order valence-electron chi connectivity index (χ3n) is 4.01. The molecule has 0 aromatic rings. The molecule has 0 aromatic carbocycles. The predicted molar refractivity (Wildman–Crippen MR) is 76.0 cm³/mol. The topological polar surface area (TPSA) is 116 Å². The zero-order valence-electron chi connectivity index (χ0n) is 12.3. The van der Waals surface area contributed by atoms with E-state index < -0.39 is 24.0 Å². The molecular weight excluding hydrogens is 276 g/mol. The van der Waals surface area contributed by atoms with Crippen LogP contribution >= 0.6 is 0 Å². The maximum absolute atomic E-state index is 11.8. The van der Waals surface area contributed by atoms with E-state index in [1.807, 2.05) is 0 Å². The molecule has 0 unspecified atom stereocenters. The molecule has 2 amide bonds. The first-order chi connectivity index (χ1) is 9.92. The van der Waals surface area contributed by atoms with Gasteiger partial charge >= 0.3 is 18.0 Å². The van der Waals surface area contributed by atoms with E-state index in [1.54, 1.807) is 0 Å². The van der Waals surface area contributed by atoms with Crippen LogP contribution < -0.4 is 10.6 Å². The van der Waals surface area contributed by atoms with Crippen molar-refractivity contribution in [3.8, 4) is 0 Å². The summed E-state index contributed by atoms with van der Waals surface area (Å²) in [4.78, 5) is 33.2. The van der Waals surface area contributed by atoms with Crippen LogP contribution in [0.2, 0.25) is 0 Å². The third-order valence-corrected chi connectivity index (χ3v) is 4.01. The van der Waals surface area contributed by atoms with Crippen molar-refractivity contribution in [2.75, 3.05) is 0 Å². The predicted octanol–water partition coefficient (Wildman–Crippen LogP) is 1.57. The number of nitrogens with one attached hydrogen (secondary N) is 2. The molecule has 1 atom stereocenters. The summed E-state index contributed by atoms with van der Waals surface area (Å²) >= 11 is 0. The van der Waals surface area contributed by atoms with Gasteiger partial charge in [0.1, 0.15) is 6.04 Å². The van der Waals surface area contributed by atoms with Gasteiger partial charge in [-0.25, -0.2) is 9.59 Å². The Balaban J connectivity index is 2.36. The Morgan fingerprint density at radius 1 is 1.14 bits per heavy atom. The maximum Gasteiger partial charge on any atom is 0.326 e. The molecule has 0 aromatic heterocycles. The summed E-state index contributed by atoms with van der Waals surface area (Å²) in [5, 5.41) is 22.6. The largest absolute Gasteiger partial charge is 0.481 e. The SMILES string of the molecule is CCC1CCC(NC(=O)N[C@@H](CCC(=O)O)C(=O)O)CC1. The number of carboxylic acids is 2. The highest BCUT2D eigenvalue weighted by Gasteiger charge is 2.24. The molecule has 21 heavy (non-hydrogen) atoms. The zero-order chi connectivity index (χ0) is 15.8. The third kappa shape index (κ3) is 6.46. The van der Waals surface area contributed by atoms with Crippen molar-refractivity contribution in [2.24, 2.45) is 5.92 Å². The van der Waals surface area contributed by atoms with Crippen LogP contribution in [0.15, 0.2) is 0 Å². The van der Waals surface area contributed by atoms with Gasteiger partial charge < -0.3 is 20.8 Å². The average molecular weight is 300 g/mol. The Kier molecular flexibility index (Phi) is 6.98. The van der Waals surface area contributed by atoms with Gasteiger partial charge in [-0.2, -0.15) is 0 Å². The van der Waals surface area contributed by atoms with Crippen molar-refractivity contribution in [3.05, 3.63) is 0 Å². The molecule has 0 bridgehead atoms. The molecule has 0 saturated heterocycles. The van der Waals surface area contributed by atoms with E-state index in [-0.39, 0.29) is 18.9 Å². The monoisotopic (exact) mass is 300 g/mol. The Morgan fingerprint density at radius 3 is 2.24 bits per heavy atom. The molecule has 1 saturated carbocycles. The van der Waals surface area contributed by atoms with Gasteiger partial charge in [0, 0.05) is 12.5 Å². The van der Waals surface area contributed by atoms with Crippen LogP contribution in [0.5, 0.6) is 0 Å². The number of urea groups is 1. The lowest BCUT2D eigenvalue weighted by molar-refractivity contribution is -0.140. The standard InChI is InChI=1S/C14H24N2O5/c1-2-9-3-5-10(6-4-9)15-14(21)16-11(13(19)20)7-8-12(17)18/h9-11H,2-8H2,1H3,(H,17,18)(H,19,20)(H2,15,16,21)/t9?,10?,11-/m0/s1. The van der Waals surface area contributed by atoms with E-state index in [2.05, 4.69) is 17.6 Å². The Hall–Kier alpha value is -1.79. The first-order valence-electron chi connectivity index (χ1n) is 7.44. The molecule has 120 valence electrons. The van der Waals surface area contributed by atoms with Crippen LogP contribution in [0.3, 0.4) is 0 Å². The summed E-state index contributed by atoms with van der Waals surface area (Å²) in [7, 11) is 0. The van der Waals surface area contributed by atoms with E-state index in [4.69, 9.17) is 10.2 Å². The maximum atomic E-state index is 11.8. The molecule has 7 heteroatoms. The summed E-state index contributed by atoms with van der Waals surface area (Å²) < 4.78 is 0. The fraction of sp³-hybridized carbons (Fsp3) is 0.786. The van der Waals surface area contributed by atoms with E-state index in [1.165, 1.54) is 0 Å². The van der Waals surface area contributed by atoms with Gasteiger partial charge in [-0.15, -0.1) is 0 Å². The summed E-state index contributed by atoms with van der Waals surface area (Å²) in [6.45, 7) is 2.16. The average Bonchev–Trinajstić information content (AvgIpc) is 2.43. The number of hydrogen-bond acceptors (Lipinski definition) is 3. The van der Waals surface area contributed by atoms with Crippen LogP contribution in [0.25, 0.3) is 0 Å². The number of aliphatic carboxylic acids is 2. The molecule has 7 nitrogen and oxygen atoms in total. The van der Waals surface area contributed by atoms with E-state index in [0.29, 0.717) is 5.92 Å². The van der Waals surface area contributed by atoms with Crippen LogP contribution in [-0.2, 0) is 9.59 Å². The van der Waals surface area contributed by atoms with Crippen molar-refractivity contribution in [1.82, 2.24) is 10.6 Å². The highest BCUT2D eigenvalue weighted by atomic mass is 16.4. The molecule has 1 aliphatic rings. The van der Waals surface area contributed by atoms with Crippen LogP contribution in [0.1, 0.15) is 51.9 Å². The molecule has 0 radical (unpaired) electrons. The van der Waals surface area contributed by atoms with Gasteiger partial charge in [0.25, 0.3) is 0 Å². The fourth-order valence-electron chi connectivity index (χ4n) is 2.63. The van der Waals surface area contributed by atoms with Crippen molar-refractivity contribution in [1.29, 1.82) is 0 Å². The van der Waals surface area contributed by atoms with Gasteiger partial charge in [0.15, 0.2) is 0 Å². The Bertz CT molecular complexity index is 378. The molecule has 1 fully saturated rings. The highest BCUT2D eigenvalue weighted by Crippen LogP contribution is 2.26. The summed E-state index contributed by atoms with van der Waals surface area (Å²) in [6.07, 6.45) is 4.68. The highest BCUT2D eigenvalue weighted by molar-refractivity contribution is 5.83. The lowest BCUT2D eigenvalue weighted by Crippen LogP contribution is -2.49. The molecule has 0 aliphatic heterocycles. The second kappa shape index (κ2) is 8.49. The quantitative estimate of drug-likeness (QED) is 0.569. The molecular formula is C14H24N2O5. The van der Waals surface area contributed by atoms with E-state index in [0.717, 1.165) is 32.1 Å². The van der Waals surface area contributed by atoms with Crippen molar-refractivity contribution in [2.45, 2.75) is 64.0 Å². The van der Waals surface area contributed by atoms with Crippen LogP contribution in [0.4, 0.5) is 4.79 Å². The number of hydrogen-bond donors (Lipinski definition) is 4. The summed E-state index contributed by atoms with van der Waals surface area (Å²) in [5.74, 6) is -1.59. The van der Waals surface area contributed by atoms with Gasteiger partial charge in [0.2, 0.25) is 0 Å². The molecule has 4 N–H and O–H groups in total. The lowest BCUT2D eigenvalue weighted by atomic mass is 9.85. The van der Waals surface area contributed by atoms with Gasteiger partial charge in [-0.3, -0.25) is 4.79 Å². The molecule has 0 spiro atoms.